The highest BCUT2D eigenvalue weighted by molar-refractivity contribution is 5.95. The summed E-state index contributed by atoms with van der Waals surface area (Å²) in [6, 6.07) is 6.10. The number of nitrogens with one attached hydrogen (secondary N) is 1. The number of carbonyl (C=O) groups is 1. The molecule has 1 atom stereocenters. The Morgan fingerprint density at radius 2 is 2.09 bits per heavy atom. The third-order valence-corrected chi connectivity index (χ3v) is 3.79. The number of aliphatic hydroxyl groups is 1. The molecule has 118 valence electrons. The Morgan fingerprint density at radius 3 is 2.77 bits per heavy atom. The minimum atomic E-state index is -0.157. The van der Waals surface area contributed by atoms with E-state index in [0.29, 0.717) is 12.0 Å². The molecule has 1 aromatic carbocycles. The average Bonchev–Trinajstić information content (AvgIpc) is 2.83. The van der Waals surface area contributed by atoms with E-state index in [1.807, 2.05) is 27.7 Å². The van der Waals surface area contributed by atoms with Crippen LogP contribution >= 0.6 is 0 Å². The molecule has 0 aliphatic carbocycles. The summed E-state index contributed by atoms with van der Waals surface area (Å²) >= 11 is 0. The molecule has 5 nitrogen and oxygen atoms in total. The van der Waals surface area contributed by atoms with Gasteiger partial charge in [0.05, 0.1) is 23.1 Å². The van der Waals surface area contributed by atoms with Crippen molar-refractivity contribution in [1.29, 1.82) is 0 Å². The molecule has 0 radical (unpaired) electrons. The molecule has 1 heterocycles. The molecule has 1 aromatic heterocycles. The van der Waals surface area contributed by atoms with E-state index < -0.39 is 0 Å². The van der Waals surface area contributed by atoms with E-state index >= 15 is 0 Å². The molecule has 5 heteroatoms. The van der Waals surface area contributed by atoms with Crippen molar-refractivity contribution in [3.63, 3.8) is 0 Å². The fourth-order valence-electron chi connectivity index (χ4n) is 2.39. The van der Waals surface area contributed by atoms with E-state index in [4.69, 9.17) is 5.11 Å². The number of rotatable bonds is 5. The number of aryl methyl sites for hydroxylation is 2. The minimum absolute atomic E-state index is 0.0577. The maximum Gasteiger partial charge on any atom is 0.254 e. The monoisotopic (exact) mass is 301 g/mol. The van der Waals surface area contributed by atoms with Crippen LogP contribution in [0.4, 0.5) is 0 Å². The second-order valence-electron chi connectivity index (χ2n) is 5.73. The Balaban J connectivity index is 2.29. The van der Waals surface area contributed by atoms with E-state index in [-0.39, 0.29) is 18.6 Å². The van der Waals surface area contributed by atoms with Crippen molar-refractivity contribution >= 4 is 5.91 Å². The third kappa shape index (κ3) is 3.36. The fourth-order valence-corrected chi connectivity index (χ4v) is 2.39. The van der Waals surface area contributed by atoms with Gasteiger partial charge >= 0.3 is 0 Å². The average molecular weight is 301 g/mol. The van der Waals surface area contributed by atoms with Crippen LogP contribution in [0.5, 0.6) is 0 Å². The first kappa shape index (κ1) is 16.2. The van der Waals surface area contributed by atoms with Gasteiger partial charge in [0.15, 0.2) is 0 Å². The number of benzene rings is 1. The Bertz CT molecular complexity index is 677. The van der Waals surface area contributed by atoms with E-state index in [1.165, 1.54) is 0 Å². The predicted molar refractivity (Wildman–Crippen MR) is 86.4 cm³/mol. The Morgan fingerprint density at radius 1 is 1.36 bits per heavy atom. The number of nitrogens with zero attached hydrogens (tertiary/aromatic N) is 2. The largest absolute Gasteiger partial charge is 0.396 e. The summed E-state index contributed by atoms with van der Waals surface area (Å²) in [5, 5.41) is 16.2. The van der Waals surface area contributed by atoms with Crippen LogP contribution in [0.1, 0.15) is 40.5 Å². The molecule has 2 aromatic rings. The molecule has 1 amide bonds. The summed E-state index contributed by atoms with van der Waals surface area (Å²) in [4.78, 5) is 12.3. The molecule has 0 fully saturated rings. The lowest BCUT2D eigenvalue weighted by molar-refractivity contribution is 0.0934. The SMILES string of the molecule is Cc1ccc(C)c(-n2ncc(C(=O)NC(C)CCO)c2C)c1. The van der Waals surface area contributed by atoms with Gasteiger partial charge in [-0.05, 0) is 51.3 Å². The fraction of sp³-hybridized carbons (Fsp3) is 0.412. The van der Waals surface area contributed by atoms with Crippen LogP contribution in [-0.2, 0) is 0 Å². The van der Waals surface area contributed by atoms with Crippen LogP contribution < -0.4 is 5.32 Å². The van der Waals surface area contributed by atoms with Crippen molar-refractivity contribution in [2.75, 3.05) is 6.61 Å². The van der Waals surface area contributed by atoms with Gasteiger partial charge in [0.1, 0.15) is 0 Å². The highest BCUT2D eigenvalue weighted by Crippen LogP contribution is 2.19. The van der Waals surface area contributed by atoms with Crippen molar-refractivity contribution in [2.45, 2.75) is 40.2 Å². The molecule has 1 unspecified atom stereocenters. The molecule has 0 saturated heterocycles. The van der Waals surface area contributed by atoms with Crippen LogP contribution in [0.2, 0.25) is 0 Å². The first-order chi connectivity index (χ1) is 10.4. The summed E-state index contributed by atoms with van der Waals surface area (Å²) in [6.45, 7) is 7.88. The number of hydrogen-bond donors (Lipinski definition) is 2. The lowest BCUT2D eigenvalue weighted by Gasteiger charge is -2.13. The van der Waals surface area contributed by atoms with Gasteiger partial charge < -0.3 is 10.4 Å². The van der Waals surface area contributed by atoms with Gasteiger partial charge in [-0.15, -0.1) is 0 Å². The highest BCUT2D eigenvalue weighted by Gasteiger charge is 2.17. The van der Waals surface area contributed by atoms with Gasteiger partial charge in [-0.1, -0.05) is 12.1 Å². The van der Waals surface area contributed by atoms with Crippen molar-refractivity contribution in [3.8, 4) is 5.69 Å². The third-order valence-electron chi connectivity index (χ3n) is 3.79. The number of aliphatic hydroxyl groups excluding tert-OH is 1. The standard InChI is InChI=1S/C17H23N3O2/c1-11-5-6-12(2)16(9-11)20-14(4)15(10-18-20)17(22)19-13(3)7-8-21/h5-6,9-10,13,21H,7-8H2,1-4H3,(H,19,22). The highest BCUT2D eigenvalue weighted by atomic mass is 16.3. The van der Waals surface area contributed by atoms with Crippen LogP contribution in [0, 0.1) is 20.8 Å². The van der Waals surface area contributed by atoms with Crippen LogP contribution in [-0.4, -0.2) is 33.4 Å². The normalized spacial score (nSPS) is 12.2. The lowest BCUT2D eigenvalue weighted by Crippen LogP contribution is -2.33. The van der Waals surface area contributed by atoms with Crippen molar-refractivity contribution in [2.24, 2.45) is 0 Å². The first-order valence-corrected chi connectivity index (χ1v) is 7.48. The summed E-state index contributed by atoms with van der Waals surface area (Å²) in [5.41, 5.74) is 4.61. The Hall–Kier alpha value is -2.14. The molecule has 0 saturated carbocycles. The number of amides is 1. The van der Waals surface area contributed by atoms with Gasteiger partial charge in [0.25, 0.3) is 5.91 Å². The summed E-state index contributed by atoms with van der Waals surface area (Å²) < 4.78 is 1.80. The second-order valence-corrected chi connectivity index (χ2v) is 5.73. The van der Waals surface area contributed by atoms with Gasteiger partial charge in [0.2, 0.25) is 0 Å². The molecule has 2 N–H and O–H groups in total. The molecule has 0 spiro atoms. The van der Waals surface area contributed by atoms with E-state index in [9.17, 15) is 4.79 Å². The van der Waals surface area contributed by atoms with Gasteiger partial charge in [0, 0.05) is 12.6 Å². The second kappa shape index (κ2) is 6.75. The predicted octanol–water partition coefficient (Wildman–Crippen LogP) is 2.30. The summed E-state index contributed by atoms with van der Waals surface area (Å²) in [6.07, 6.45) is 2.13. The molecule has 0 aliphatic rings. The molecule has 0 aliphatic heterocycles. The van der Waals surface area contributed by atoms with Gasteiger partial charge in [-0.3, -0.25) is 4.79 Å². The Labute approximate surface area is 131 Å². The number of hydrogen-bond acceptors (Lipinski definition) is 3. The molecule has 0 bridgehead atoms. The molecular formula is C17H23N3O2. The van der Waals surface area contributed by atoms with Crippen LogP contribution in [0.15, 0.2) is 24.4 Å². The lowest BCUT2D eigenvalue weighted by atomic mass is 10.1. The van der Waals surface area contributed by atoms with E-state index in [2.05, 4.69) is 28.6 Å². The van der Waals surface area contributed by atoms with E-state index in [0.717, 1.165) is 22.5 Å². The van der Waals surface area contributed by atoms with E-state index in [1.54, 1.807) is 10.9 Å². The molecule has 22 heavy (non-hydrogen) atoms. The first-order valence-electron chi connectivity index (χ1n) is 7.48. The number of carbonyl (C=O) groups excluding carboxylic acids is 1. The zero-order valence-electron chi connectivity index (χ0n) is 13.6. The van der Waals surface area contributed by atoms with Crippen LogP contribution in [0.25, 0.3) is 5.69 Å². The maximum atomic E-state index is 12.3. The number of aromatic nitrogens is 2. The zero-order valence-corrected chi connectivity index (χ0v) is 13.6. The van der Waals surface area contributed by atoms with Crippen molar-refractivity contribution in [3.05, 3.63) is 46.8 Å². The van der Waals surface area contributed by atoms with Crippen molar-refractivity contribution in [1.82, 2.24) is 15.1 Å². The zero-order chi connectivity index (χ0) is 16.3. The van der Waals surface area contributed by atoms with Crippen molar-refractivity contribution < 1.29 is 9.90 Å². The summed E-state index contributed by atoms with van der Waals surface area (Å²) in [5.74, 6) is -0.157. The summed E-state index contributed by atoms with van der Waals surface area (Å²) in [7, 11) is 0. The molecule has 2 rings (SSSR count). The maximum absolute atomic E-state index is 12.3. The van der Waals surface area contributed by atoms with Gasteiger partial charge in [-0.25, -0.2) is 4.68 Å². The smallest absolute Gasteiger partial charge is 0.254 e. The topological polar surface area (TPSA) is 67.2 Å². The Kier molecular flexibility index (Phi) is 4.98. The minimum Gasteiger partial charge on any atom is -0.396 e. The van der Waals surface area contributed by atoms with Gasteiger partial charge in [-0.2, -0.15) is 5.10 Å². The molecular weight excluding hydrogens is 278 g/mol. The van der Waals surface area contributed by atoms with Crippen LogP contribution in [0.3, 0.4) is 0 Å². The quantitative estimate of drug-likeness (QED) is 0.890.